The molecule has 0 radical (unpaired) electrons. The Morgan fingerprint density at radius 3 is 2.14 bits per heavy atom. The lowest BCUT2D eigenvalue weighted by Crippen LogP contribution is -2.49. The van der Waals surface area contributed by atoms with E-state index in [1.54, 1.807) is 4.90 Å². The molecule has 1 aliphatic rings. The van der Waals surface area contributed by atoms with Crippen LogP contribution in [0.3, 0.4) is 0 Å². The van der Waals surface area contributed by atoms with Gasteiger partial charge in [-0.05, 0) is 0 Å². The number of aliphatic carboxylic acids is 1. The number of rotatable bonds is 3. The number of aromatic nitrogens is 2. The second kappa shape index (κ2) is 6.16. The molecule has 22 heavy (non-hydrogen) atoms. The van der Waals surface area contributed by atoms with Gasteiger partial charge in [-0.1, -0.05) is 0 Å². The molecule has 0 spiro atoms. The SMILES string of the molecule is O=C(O)CC(=O)N1CCN(c2ncc(C(F)(F)F)cn2)CC1. The Bertz CT molecular complexity index is 554. The summed E-state index contributed by atoms with van der Waals surface area (Å²) in [6.45, 7) is 1.21. The van der Waals surface area contributed by atoms with Crippen molar-refractivity contribution < 1.29 is 27.9 Å². The zero-order chi connectivity index (χ0) is 16.3. The van der Waals surface area contributed by atoms with Crippen LogP contribution >= 0.6 is 0 Å². The van der Waals surface area contributed by atoms with Gasteiger partial charge in [0.2, 0.25) is 11.9 Å². The van der Waals surface area contributed by atoms with Crippen LogP contribution in [0.25, 0.3) is 0 Å². The molecule has 0 saturated carbocycles. The lowest BCUT2D eigenvalue weighted by atomic mass is 10.3. The molecule has 0 unspecified atom stereocenters. The standard InChI is InChI=1S/C12H13F3N4O3/c13-12(14,15)8-6-16-11(17-7-8)19-3-1-18(2-4-19)9(20)5-10(21)22/h6-7H,1-5H2,(H,21,22). The lowest BCUT2D eigenvalue weighted by molar-refractivity contribution is -0.144. The largest absolute Gasteiger partial charge is 0.481 e. The minimum absolute atomic E-state index is 0.151. The van der Waals surface area contributed by atoms with E-state index in [0.29, 0.717) is 25.5 Å². The van der Waals surface area contributed by atoms with Gasteiger partial charge >= 0.3 is 12.1 Å². The van der Waals surface area contributed by atoms with E-state index in [4.69, 9.17) is 5.11 Å². The normalized spacial score (nSPS) is 15.8. The van der Waals surface area contributed by atoms with Crippen LogP contribution < -0.4 is 4.90 Å². The first kappa shape index (κ1) is 16.0. The molecular weight excluding hydrogens is 305 g/mol. The minimum atomic E-state index is -4.49. The number of alkyl halides is 3. The maximum absolute atomic E-state index is 12.4. The van der Waals surface area contributed by atoms with Gasteiger partial charge in [0.15, 0.2) is 0 Å². The van der Waals surface area contributed by atoms with E-state index in [-0.39, 0.29) is 19.0 Å². The Morgan fingerprint density at radius 2 is 1.68 bits per heavy atom. The number of anilines is 1. The number of nitrogens with zero attached hydrogens (tertiary/aromatic N) is 4. The predicted octanol–water partition coefficient (Wildman–Crippen LogP) is 0.619. The first-order chi connectivity index (χ1) is 10.3. The summed E-state index contributed by atoms with van der Waals surface area (Å²) in [6, 6.07) is 0. The molecule has 7 nitrogen and oxygen atoms in total. The predicted molar refractivity (Wildman–Crippen MR) is 68.1 cm³/mol. The van der Waals surface area contributed by atoms with Crippen LogP contribution in [-0.4, -0.2) is 58.0 Å². The minimum Gasteiger partial charge on any atom is -0.481 e. The van der Waals surface area contributed by atoms with Gasteiger partial charge in [-0.25, -0.2) is 9.97 Å². The number of hydrogen-bond donors (Lipinski definition) is 1. The van der Waals surface area contributed by atoms with Crippen molar-refractivity contribution in [3.8, 4) is 0 Å². The van der Waals surface area contributed by atoms with E-state index < -0.39 is 30.0 Å². The quantitative estimate of drug-likeness (QED) is 0.822. The summed E-state index contributed by atoms with van der Waals surface area (Å²) >= 11 is 0. The molecule has 120 valence electrons. The van der Waals surface area contributed by atoms with Crippen molar-refractivity contribution in [3.05, 3.63) is 18.0 Å². The van der Waals surface area contributed by atoms with Crippen molar-refractivity contribution >= 4 is 17.8 Å². The molecule has 10 heteroatoms. The zero-order valence-electron chi connectivity index (χ0n) is 11.4. The Morgan fingerprint density at radius 1 is 1.14 bits per heavy atom. The zero-order valence-corrected chi connectivity index (χ0v) is 11.4. The van der Waals surface area contributed by atoms with Crippen molar-refractivity contribution in [2.45, 2.75) is 12.6 Å². The average molecular weight is 318 g/mol. The third-order valence-corrected chi connectivity index (χ3v) is 3.18. The second-order valence-electron chi connectivity index (χ2n) is 4.71. The molecule has 1 aromatic rings. The van der Waals surface area contributed by atoms with Gasteiger partial charge in [-0.3, -0.25) is 9.59 Å². The monoisotopic (exact) mass is 318 g/mol. The molecular formula is C12H13F3N4O3. The molecule has 1 N–H and O–H groups in total. The van der Waals surface area contributed by atoms with E-state index >= 15 is 0 Å². The third kappa shape index (κ3) is 3.83. The molecule has 0 aliphatic carbocycles. The second-order valence-corrected chi connectivity index (χ2v) is 4.71. The third-order valence-electron chi connectivity index (χ3n) is 3.18. The average Bonchev–Trinajstić information content (AvgIpc) is 2.46. The van der Waals surface area contributed by atoms with Crippen LogP contribution in [0.4, 0.5) is 19.1 Å². The van der Waals surface area contributed by atoms with Crippen LogP contribution in [-0.2, 0) is 15.8 Å². The number of hydrogen-bond acceptors (Lipinski definition) is 5. The molecule has 0 aromatic carbocycles. The molecule has 2 heterocycles. The Balaban J connectivity index is 1.94. The molecule has 1 saturated heterocycles. The van der Waals surface area contributed by atoms with Crippen molar-refractivity contribution in [2.24, 2.45) is 0 Å². The van der Waals surface area contributed by atoms with Crippen molar-refractivity contribution in [1.82, 2.24) is 14.9 Å². The van der Waals surface area contributed by atoms with E-state index in [0.717, 1.165) is 0 Å². The van der Waals surface area contributed by atoms with E-state index in [1.807, 2.05) is 0 Å². The first-order valence-electron chi connectivity index (χ1n) is 6.41. The maximum Gasteiger partial charge on any atom is 0.419 e. The maximum atomic E-state index is 12.4. The fourth-order valence-corrected chi connectivity index (χ4v) is 2.03. The van der Waals surface area contributed by atoms with E-state index in [2.05, 4.69) is 9.97 Å². The van der Waals surface area contributed by atoms with Crippen LogP contribution in [0.2, 0.25) is 0 Å². The molecule has 0 atom stereocenters. The fourth-order valence-electron chi connectivity index (χ4n) is 2.03. The van der Waals surface area contributed by atoms with Gasteiger partial charge in [-0.2, -0.15) is 13.2 Å². The van der Waals surface area contributed by atoms with Gasteiger partial charge in [0, 0.05) is 38.6 Å². The molecule has 1 amide bonds. The Kier molecular flexibility index (Phi) is 4.48. The van der Waals surface area contributed by atoms with Crippen LogP contribution in [0.5, 0.6) is 0 Å². The Hall–Kier alpha value is -2.39. The number of amides is 1. The number of carboxylic acid groups (broad SMARTS) is 1. The summed E-state index contributed by atoms with van der Waals surface area (Å²) in [6.07, 6.45) is -3.63. The van der Waals surface area contributed by atoms with Gasteiger partial charge in [0.05, 0.1) is 5.56 Å². The molecule has 1 aliphatic heterocycles. The summed E-state index contributed by atoms with van der Waals surface area (Å²) in [5.41, 5.74) is -0.925. The summed E-state index contributed by atoms with van der Waals surface area (Å²) in [7, 11) is 0. The van der Waals surface area contributed by atoms with Crippen LogP contribution in [0.15, 0.2) is 12.4 Å². The number of carbonyl (C=O) groups is 2. The van der Waals surface area contributed by atoms with Crippen molar-refractivity contribution in [2.75, 3.05) is 31.1 Å². The van der Waals surface area contributed by atoms with E-state index in [9.17, 15) is 22.8 Å². The number of halogens is 3. The molecule has 1 fully saturated rings. The van der Waals surface area contributed by atoms with Gasteiger partial charge in [0.1, 0.15) is 6.42 Å². The summed E-state index contributed by atoms with van der Waals surface area (Å²) in [5, 5.41) is 8.57. The van der Waals surface area contributed by atoms with Crippen molar-refractivity contribution in [1.29, 1.82) is 0 Å². The van der Waals surface area contributed by atoms with Gasteiger partial charge in [0.25, 0.3) is 0 Å². The molecule has 1 aromatic heterocycles. The highest BCUT2D eigenvalue weighted by Crippen LogP contribution is 2.28. The highest BCUT2D eigenvalue weighted by molar-refractivity contribution is 5.93. The smallest absolute Gasteiger partial charge is 0.419 e. The number of carboxylic acids is 1. The molecule has 0 bridgehead atoms. The highest BCUT2D eigenvalue weighted by atomic mass is 19.4. The number of piperazine rings is 1. The topological polar surface area (TPSA) is 86.6 Å². The van der Waals surface area contributed by atoms with Gasteiger partial charge in [-0.15, -0.1) is 0 Å². The highest BCUT2D eigenvalue weighted by Gasteiger charge is 2.32. The fraction of sp³-hybridized carbons (Fsp3) is 0.500. The molecule has 2 rings (SSSR count). The van der Waals surface area contributed by atoms with Crippen LogP contribution in [0.1, 0.15) is 12.0 Å². The summed E-state index contributed by atoms with van der Waals surface area (Å²) in [5.74, 6) is -1.53. The first-order valence-corrected chi connectivity index (χ1v) is 6.41. The van der Waals surface area contributed by atoms with Crippen molar-refractivity contribution in [3.63, 3.8) is 0 Å². The van der Waals surface area contributed by atoms with E-state index in [1.165, 1.54) is 4.90 Å². The van der Waals surface area contributed by atoms with Crippen LogP contribution in [0, 0.1) is 0 Å². The Labute approximate surface area is 123 Å². The summed E-state index contributed by atoms with van der Waals surface area (Å²) in [4.78, 5) is 32.5. The summed E-state index contributed by atoms with van der Waals surface area (Å²) < 4.78 is 37.3. The lowest BCUT2D eigenvalue weighted by Gasteiger charge is -2.34. The number of carbonyl (C=O) groups excluding carboxylic acids is 1. The van der Waals surface area contributed by atoms with Gasteiger partial charge < -0.3 is 14.9 Å².